The molecule has 0 heterocycles. The van der Waals surface area contributed by atoms with E-state index in [2.05, 4.69) is 192 Å². The van der Waals surface area contributed by atoms with Gasteiger partial charge in [-0.2, -0.15) is 0 Å². The first-order valence-electron chi connectivity index (χ1n) is 20.6. The third kappa shape index (κ3) is 5.66. The van der Waals surface area contributed by atoms with E-state index in [1.54, 1.807) is 0 Å². The number of benzene rings is 5. The number of fused-ring (bicyclic) bond motifs is 4. The summed E-state index contributed by atoms with van der Waals surface area (Å²) in [5, 5.41) is 2.66. The van der Waals surface area contributed by atoms with Crippen LogP contribution in [0, 0.1) is 19.8 Å². The van der Waals surface area contributed by atoms with E-state index >= 15 is 0 Å². The summed E-state index contributed by atoms with van der Waals surface area (Å²) in [6, 6.07) is 36.7. The van der Waals surface area contributed by atoms with E-state index in [4.69, 9.17) is 6.58 Å². The van der Waals surface area contributed by atoms with Crippen LogP contribution >= 0.6 is 0 Å². The maximum atomic E-state index is 4.77. The van der Waals surface area contributed by atoms with E-state index in [9.17, 15) is 0 Å². The number of hydrogen-bond donors (Lipinski definition) is 0. The Hall–Kier alpha value is -5.66. The molecule has 0 saturated heterocycles. The minimum atomic E-state index is -0.424. The molecular weight excluding hydrogens is 671 g/mol. The van der Waals surface area contributed by atoms with Gasteiger partial charge < -0.3 is 0 Å². The van der Waals surface area contributed by atoms with E-state index < -0.39 is 5.41 Å². The monoisotopic (exact) mass is 722 g/mol. The molecule has 1 heteroatoms. The number of rotatable bonds is 7. The van der Waals surface area contributed by atoms with E-state index in [-0.39, 0.29) is 12.6 Å². The first kappa shape index (κ1) is 36.0. The highest BCUT2D eigenvalue weighted by atomic mass is 14.5. The molecule has 4 aliphatic carbocycles. The summed E-state index contributed by atoms with van der Waals surface area (Å²) in [6.07, 6.45) is 26.4. The molecule has 0 spiro atoms. The molecule has 5 aromatic carbocycles. The lowest BCUT2D eigenvalue weighted by molar-refractivity contribution is 0.718. The summed E-state index contributed by atoms with van der Waals surface area (Å²) >= 11 is 0. The van der Waals surface area contributed by atoms with Crippen molar-refractivity contribution in [2.75, 3.05) is 0 Å². The molecular formula is C55H51B. The predicted molar refractivity (Wildman–Crippen MR) is 243 cm³/mol. The van der Waals surface area contributed by atoms with Crippen LogP contribution in [0.3, 0.4) is 0 Å². The Morgan fingerprint density at radius 2 is 1.61 bits per heavy atom. The van der Waals surface area contributed by atoms with Gasteiger partial charge in [-0.3, -0.25) is 0 Å². The lowest BCUT2D eigenvalue weighted by Gasteiger charge is -2.37. The smallest absolute Gasteiger partial charge is 0.0952 e. The molecule has 0 nitrogen and oxygen atoms in total. The summed E-state index contributed by atoms with van der Waals surface area (Å²) in [6.45, 7) is 16.3. The summed E-state index contributed by atoms with van der Waals surface area (Å²) < 4.78 is 0. The van der Waals surface area contributed by atoms with E-state index in [1.165, 1.54) is 94.0 Å². The third-order valence-corrected chi connectivity index (χ3v) is 13.1. The third-order valence-electron chi connectivity index (χ3n) is 13.1. The van der Waals surface area contributed by atoms with Crippen molar-refractivity contribution < 1.29 is 0 Å². The standard InChI is InChI=1S/C55H51B/c1-7-8-18-40(6)55(44-21-10-9-11-22-44)50-27-16-25-46(51(50)49-26-14-17-37(3)52(49)55)42-20-15-23-45(35-42)56(53-38(4)29-31-41-19-12-13-24-47(41)53)54-39(5)30-32-43-34-36(2)28-33-48(43)54/h7-16,18-33,36,42H,3,17,34-35H2,1-2,4-6H3/b8-7-,40-18+/t36-,42?,55?/m1/s1. The Balaban J connectivity index is 1.25. The Morgan fingerprint density at radius 3 is 2.45 bits per heavy atom. The maximum absolute atomic E-state index is 4.77. The average Bonchev–Trinajstić information content (AvgIpc) is 3.54. The van der Waals surface area contributed by atoms with Crippen LogP contribution in [0.15, 0.2) is 181 Å². The molecule has 0 amide bonds. The zero-order chi connectivity index (χ0) is 38.6. The van der Waals surface area contributed by atoms with Crippen LogP contribution < -0.4 is 10.9 Å². The molecule has 3 atom stereocenters. The lowest BCUT2D eigenvalue weighted by atomic mass is 9.32. The van der Waals surface area contributed by atoms with Crippen LogP contribution in [0.25, 0.3) is 22.4 Å². The van der Waals surface area contributed by atoms with Crippen molar-refractivity contribution in [1.29, 1.82) is 0 Å². The lowest BCUT2D eigenvalue weighted by Crippen LogP contribution is -2.49. The molecule has 4 aliphatic rings. The van der Waals surface area contributed by atoms with Crippen molar-refractivity contribution in [3.05, 3.63) is 225 Å². The molecule has 0 aliphatic heterocycles. The second-order valence-corrected chi connectivity index (χ2v) is 16.6. The van der Waals surface area contributed by atoms with Gasteiger partial charge in [-0.05, 0) is 114 Å². The van der Waals surface area contributed by atoms with Gasteiger partial charge in [-0.1, -0.05) is 204 Å². The first-order chi connectivity index (χ1) is 27.3. The molecule has 5 aromatic rings. The Labute approximate surface area is 334 Å². The van der Waals surface area contributed by atoms with Crippen molar-refractivity contribution in [3.63, 3.8) is 0 Å². The van der Waals surface area contributed by atoms with Gasteiger partial charge in [0.15, 0.2) is 0 Å². The highest BCUT2D eigenvalue weighted by Crippen LogP contribution is 2.60. The Bertz CT molecular complexity index is 2630. The van der Waals surface area contributed by atoms with Crippen LogP contribution in [0.2, 0.25) is 0 Å². The van der Waals surface area contributed by atoms with Gasteiger partial charge in [0.2, 0.25) is 6.71 Å². The van der Waals surface area contributed by atoms with Crippen molar-refractivity contribution in [2.45, 2.75) is 65.2 Å². The van der Waals surface area contributed by atoms with Gasteiger partial charge in [0.1, 0.15) is 0 Å². The fraction of sp³-hybridized carbons (Fsp3) is 0.200. The Kier molecular flexibility index (Phi) is 9.29. The van der Waals surface area contributed by atoms with E-state index in [1.807, 2.05) is 0 Å². The SMILES string of the molecule is C=C1CC=CC2=C1C(/C(C)=C/C=C\C)(c1ccccc1)c1cccc(C3C=CC=C(B(c4c(C)ccc5c4C=C[C@@H](C)C5)c4c(C)ccc5ccccc45)C3)c12. The van der Waals surface area contributed by atoms with Crippen LogP contribution in [-0.2, 0) is 11.8 Å². The predicted octanol–water partition coefficient (Wildman–Crippen LogP) is 12.6. The molecule has 0 fully saturated rings. The highest BCUT2D eigenvalue weighted by Gasteiger charge is 2.49. The van der Waals surface area contributed by atoms with Crippen LogP contribution in [0.4, 0.5) is 0 Å². The molecule has 2 unspecified atom stereocenters. The number of allylic oxidation sites excluding steroid dienone is 14. The second-order valence-electron chi connectivity index (χ2n) is 16.6. The molecule has 56 heavy (non-hydrogen) atoms. The van der Waals surface area contributed by atoms with Crippen molar-refractivity contribution in [1.82, 2.24) is 0 Å². The highest BCUT2D eigenvalue weighted by molar-refractivity contribution is 6.93. The first-order valence-corrected chi connectivity index (χ1v) is 20.6. The normalized spacial score (nSPS) is 21.4. The maximum Gasteiger partial charge on any atom is 0.239 e. The topological polar surface area (TPSA) is 0 Å². The van der Waals surface area contributed by atoms with Crippen molar-refractivity contribution in [2.24, 2.45) is 5.92 Å². The number of hydrogen-bond acceptors (Lipinski definition) is 0. The zero-order valence-electron chi connectivity index (χ0n) is 33.6. The van der Waals surface area contributed by atoms with Gasteiger partial charge >= 0.3 is 0 Å². The van der Waals surface area contributed by atoms with E-state index in [0.29, 0.717) is 5.92 Å². The fourth-order valence-electron chi connectivity index (χ4n) is 10.6. The quantitative estimate of drug-likeness (QED) is 0.116. The second kappa shape index (κ2) is 14.4. The molecule has 0 radical (unpaired) electrons. The van der Waals surface area contributed by atoms with Gasteiger partial charge in [0, 0.05) is 5.92 Å². The summed E-state index contributed by atoms with van der Waals surface area (Å²) in [5.41, 5.74) is 20.2. The zero-order valence-corrected chi connectivity index (χ0v) is 33.6. The van der Waals surface area contributed by atoms with E-state index in [0.717, 1.165) is 19.3 Å². The largest absolute Gasteiger partial charge is 0.239 e. The molecule has 0 bridgehead atoms. The molecule has 274 valence electrons. The van der Waals surface area contributed by atoms with Crippen LogP contribution in [0.1, 0.15) is 84.0 Å². The molecule has 0 aromatic heterocycles. The average molecular weight is 723 g/mol. The fourth-order valence-corrected chi connectivity index (χ4v) is 10.6. The Morgan fingerprint density at radius 1 is 0.821 bits per heavy atom. The van der Waals surface area contributed by atoms with Gasteiger partial charge in [0.05, 0.1) is 5.41 Å². The molecule has 0 N–H and O–H groups in total. The minimum Gasteiger partial charge on any atom is -0.0952 e. The van der Waals surface area contributed by atoms with Gasteiger partial charge in [-0.15, -0.1) is 0 Å². The van der Waals surface area contributed by atoms with Crippen LogP contribution in [-0.4, -0.2) is 6.71 Å². The minimum absolute atomic E-state index is 0.122. The summed E-state index contributed by atoms with van der Waals surface area (Å²) in [5.74, 6) is 0.752. The molecule has 9 rings (SSSR count). The number of aryl methyl sites for hydroxylation is 2. The summed E-state index contributed by atoms with van der Waals surface area (Å²) in [4.78, 5) is 0. The summed E-state index contributed by atoms with van der Waals surface area (Å²) in [7, 11) is 0. The van der Waals surface area contributed by atoms with Gasteiger partial charge in [0.25, 0.3) is 0 Å². The van der Waals surface area contributed by atoms with Crippen molar-refractivity contribution >= 4 is 40.1 Å². The molecule has 0 saturated carbocycles. The van der Waals surface area contributed by atoms with Gasteiger partial charge in [-0.25, -0.2) is 0 Å². The van der Waals surface area contributed by atoms with Crippen LogP contribution in [0.5, 0.6) is 0 Å². The van der Waals surface area contributed by atoms with Crippen molar-refractivity contribution in [3.8, 4) is 0 Å².